The molecule has 236 valence electrons. The number of hydrogen-bond acceptors (Lipinski definition) is 8. The van der Waals surface area contributed by atoms with Crippen LogP contribution in [0.4, 0.5) is 32.3 Å². The minimum atomic E-state index is -5.08. The highest BCUT2D eigenvalue weighted by Crippen LogP contribution is 2.39. The van der Waals surface area contributed by atoms with Crippen molar-refractivity contribution < 1.29 is 55.7 Å². The molecule has 1 unspecified atom stereocenters. The zero-order valence-electron chi connectivity index (χ0n) is 22.6. The molecule has 1 saturated heterocycles. The summed E-state index contributed by atoms with van der Waals surface area (Å²) < 4.78 is 69.4. The predicted molar refractivity (Wildman–Crippen MR) is 139 cm³/mol. The van der Waals surface area contributed by atoms with Crippen molar-refractivity contribution in [3.05, 3.63) is 83.4 Å². The van der Waals surface area contributed by atoms with Crippen LogP contribution in [0, 0.1) is 0 Å². The van der Waals surface area contributed by atoms with Gasteiger partial charge in [0.1, 0.15) is 0 Å². The van der Waals surface area contributed by atoms with Crippen LogP contribution < -0.4 is 5.32 Å². The van der Waals surface area contributed by atoms with Crippen molar-refractivity contribution in [3.8, 4) is 0 Å². The van der Waals surface area contributed by atoms with Gasteiger partial charge in [-0.25, -0.2) is 19.6 Å². The summed E-state index contributed by atoms with van der Waals surface area (Å²) in [5, 5.41) is 17.6. The molecule has 0 radical (unpaired) electrons. The Morgan fingerprint density at radius 3 is 2.11 bits per heavy atom. The van der Waals surface area contributed by atoms with Gasteiger partial charge in [0.2, 0.25) is 5.95 Å². The van der Waals surface area contributed by atoms with Crippen LogP contribution >= 0.6 is 0 Å². The number of fused-ring (bicyclic) bond motifs is 2. The zero-order chi connectivity index (χ0) is 32.5. The summed E-state index contributed by atoms with van der Waals surface area (Å²) in [6, 6.07) is 13.7. The van der Waals surface area contributed by atoms with Crippen molar-refractivity contribution in [3.63, 3.8) is 0 Å². The topological polar surface area (TPSA) is 155 Å². The summed E-state index contributed by atoms with van der Waals surface area (Å²) in [5.41, 5.74) is 3.55. The minimum Gasteiger partial charge on any atom is -0.475 e. The number of ether oxygens (including phenoxy) is 1. The molecule has 0 saturated carbocycles. The summed E-state index contributed by atoms with van der Waals surface area (Å²) >= 11 is 0. The fourth-order valence-electron chi connectivity index (χ4n) is 4.29. The number of anilines is 1. The number of carboxylic acid groups (broad SMARTS) is 2. The molecule has 1 fully saturated rings. The van der Waals surface area contributed by atoms with Gasteiger partial charge < -0.3 is 25.2 Å². The number of hydrogen-bond donors (Lipinski definition) is 3. The fourth-order valence-corrected chi connectivity index (χ4v) is 4.29. The molecule has 44 heavy (non-hydrogen) atoms. The molecule has 0 bridgehead atoms. The number of carbonyl (C=O) groups is 3. The van der Waals surface area contributed by atoms with Crippen molar-refractivity contribution in [2.75, 3.05) is 25.0 Å². The van der Waals surface area contributed by atoms with Crippen molar-refractivity contribution in [1.29, 1.82) is 0 Å². The van der Waals surface area contributed by atoms with Crippen LogP contribution in [0.15, 0.2) is 61.1 Å². The number of likely N-dealkylation sites (tertiary alicyclic amines) is 1. The highest BCUT2D eigenvalue weighted by atomic mass is 19.4. The standard InChI is InChI=1S/C23H23N5O2.2C2HF3O2/c29-21(18-6-9-24-10-7-18)28-11-8-23(15-28)16-30-14-19-13-26-22(27-20(19)23)25-12-17-4-2-1-3-5-17;2*3-2(4,5)1(6)7/h1-7,9-10,13H,8,11-12,14-16H2,(H,25,26,27);2*(H,6,7). The Bertz CT molecular complexity index is 1420. The molecule has 5 rings (SSSR count). The van der Waals surface area contributed by atoms with Crippen LogP contribution in [0.2, 0.25) is 0 Å². The Hall–Kier alpha value is -4.80. The molecule has 4 heterocycles. The molecule has 2 aromatic heterocycles. The Kier molecular flexibility index (Phi) is 10.8. The summed E-state index contributed by atoms with van der Waals surface area (Å²) in [5.74, 6) is -4.88. The molecular formula is C27H25F6N5O6. The molecule has 1 atom stereocenters. The number of aromatic nitrogens is 3. The van der Waals surface area contributed by atoms with Gasteiger partial charge in [0, 0.05) is 49.4 Å². The van der Waals surface area contributed by atoms with Gasteiger partial charge in [-0.1, -0.05) is 30.3 Å². The Morgan fingerprint density at radius 2 is 1.55 bits per heavy atom. The van der Waals surface area contributed by atoms with Gasteiger partial charge in [0.15, 0.2) is 0 Å². The lowest BCUT2D eigenvalue weighted by Crippen LogP contribution is -2.41. The number of halogens is 6. The molecule has 2 aliphatic heterocycles. The molecule has 1 spiro atoms. The first-order chi connectivity index (χ1) is 20.6. The Labute approximate surface area is 245 Å². The SMILES string of the molecule is O=C(O)C(F)(F)F.O=C(O)C(F)(F)F.O=C(c1ccncc1)N1CCC2(COCc3cnc(NCc4ccccc4)nc32)C1. The Balaban J connectivity index is 0.000000317. The second kappa shape index (κ2) is 14.1. The largest absolute Gasteiger partial charge is 0.490 e. The monoisotopic (exact) mass is 629 g/mol. The van der Waals surface area contributed by atoms with Gasteiger partial charge in [-0.15, -0.1) is 0 Å². The lowest BCUT2D eigenvalue weighted by atomic mass is 9.80. The summed E-state index contributed by atoms with van der Waals surface area (Å²) in [7, 11) is 0. The van der Waals surface area contributed by atoms with Crippen molar-refractivity contribution in [2.24, 2.45) is 0 Å². The number of carboxylic acids is 2. The first-order valence-corrected chi connectivity index (χ1v) is 12.6. The van der Waals surface area contributed by atoms with Crippen LogP contribution in [0.25, 0.3) is 0 Å². The maximum atomic E-state index is 12.9. The smallest absolute Gasteiger partial charge is 0.475 e. The highest BCUT2D eigenvalue weighted by molar-refractivity contribution is 5.94. The molecule has 1 aromatic carbocycles. The van der Waals surface area contributed by atoms with Crippen LogP contribution in [0.1, 0.15) is 33.6 Å². The predicted octanol–water partition coefficient (Wildman–Crippen LogP) is 4.06. The summed E-state index contributed by atoms with van der Waals surface area (Å²) in [6.45, 7) is 3.01. The van der Waals surface area contributed by atoms with E-state index in [1.807, 2.05) is 29.3 Å². The lowest BCUT2D eigenvalue weighted by Gasteiger charge is -2.34. The molecule has 3 N–H and O–H groups in total. The van der Waals surface area contributed by atoms with E-state index < -0.39 is 24.3 Å². The number of amides is 1. The molecule has 2 aliphatic rings. The molecule has 1 amide bonds. The molecular weight excluding hydrogens is 604 g/mol. The van der Waals surface area contributed by atoms with E-state index in [9.17, 15) is 31.1 Å². The molecule has 3 aromatic rings. The van der Waals surface area contributed by atoms with E-state index in [-0.39, 0.29) is 11.3 Å². The van der Waals surface area contributed by atoms with E-state index in [4.69, 9.17) is 29.5 Å². The van der Waals surface area contributed by atoms with E-state index in [1.165, 1.54) is 5.56 Å². The molecule has 17 heteroatoms. The third kappa shape index (κ3) is 9.10. The number of aliphatic carboxylic acids is 2. The first kappa shape index (κ1) is 33.7. The average Bonchev–Trinajstić information content (AvgIpc) is 3.41. The summed E-state index contributed by atoms with van der Waals surface area (Å²) in [6.07, 6.45) is -4.19. The lowest BCUT2D eigenvalue weighted by molar-refractivity contribution is -0.193. The molecule has 0 aliphatic carbocycles. The van der Waals surface area contributed by atoms with Gasteiger partial charge in [-0.2, -0.15) is 26.3 Å². The van der Waals surface area contributed by atoms with Crippen LogP contribution in [-0.2, 0) is 32.9 Å². The third-order valence-corrected chi connectivity index (χ3v) is 6.35. The number of nitrogens with zero attached hydrogens (tertiary/aromatic N) is 4. The van der Waals surface area contributed by atoms with E-state index >= 15 is 0 Å². The number of benzene rings is 1. The Morgan fingerprint density at radius 1 is 0.955 bits per heavy atom. The number of carbonyl (C=O) groups excluding carboxylic acids is 1. The van der Waals surface area contributed by atoms with Crippen molar-refractivity contribution >= 4 is 23.8 Å². The fraction of sp³-hybridized carbons (Fsp3) is 0.333. The second-order valence-electron chi connectivity index (χ2n) is 9.50. The number of alkyl halides is 6. The summed E-state index contributed by atoms with van der Waals surface area (Å²) in [4.78, 5) is 46.0. The van der Waals surface area contributed by atoms with E-state index in [0.29, 0.717) is 44.4 Å². The third-order valence-electron chi connectivity index (χ3n) is 6.35. The van der Waals surface area contributed by atoms with E-state index in [2.05, 4.69) is 27.4 Å². The van der Waals surface area contributed by atoms with Gasteiger partial charge >= 0.3 is 24.3 Å². The van der Waals surface area contributed by atoms with Gasteiger partial charge in [0.05, 0.1) is 24.3 Å². The number of rotatable bonds is 4. The van der Waals surface area contributed by atoms with Crippen LogP contribution in [0.3, 0.4) is 0 Å². The number of nitrogens with one attached hydrogen (secondary N) is 1. The van der Waals surface area contributed by atoms with Gasteiger partial charge in [0.25, 0.3) is 5.91 Å². The van der Waals surface area contributed by atoms with Crippen LogP contribution in [-0.4, -0.2) is 80.0 Å². The number of pyridine rings is 1. The molecule has 11 nitrogen and oxygen atoms in total. The van der Waals surface area contributed by atoms with E-state index in [0.717, 1.165) is 17.7 Å². The zero-order valence-corrected chi connectivity index (χ0v) is 22.6. The van der Waals surface area contributed by atoms with E-state index in [1.54, 1.807) is 24.5 Å². The normalized spacial score (nSPS) is 17.4. The minimum absolute atomic E-state index is 0.0258. The maximum absolute atomic E-state index is 12.9. The first-order valence-electron chi connectivity index (χ1n) is 12.6. The quantitative estimate of drug-likeness (QED) is 0.360. The maximum Gasteiger partial charge on any atom is 0.490 e. The van der Waals surface area contributed by atoms with Crippen LogP contribution in [0.5, 0.6) is 0 Å². The highest BCUT2D eigenvalue weighted by Gasteiger charge is 2.46. The van der Waals surface area contributed by atoms with Gasteiger partial charge in [-0.05, 0) is 24.1 Å². The van der Waals surface area contributed by atoms with Crippen molar-refractivity contribution in [1.82, 2.24) is 19.9 Å². The van der Waals surface area contributed by atoms with Crippen molar-refractivity contribution in [2.45, 2.75) is 37.3 Å². The average molecular weight is 630 g/mol. The van der Waals surface area contributed by atoms with Gasteiger partial charge in [-0.3, -0.25) is 9.78 Å². The second-order valence-corrected chi connectivity index (χ2v) is 9.50.